The van der Waals surface area contributed by atoms with Crippen LogP contribution in [-0.4, -0.2) is 30.4 Å². The molecule has 6 heteroatoms. The van der Waals surface area contributed by atoms with Crippen LogP contribution < -0.4 is 4.74 Å². The van der Waals surface area contributed by atoms with Crippen LogP contribution >= 0.6 is 0 Å². The largest absolute Gasteiger partial charge is 0.490 e. The van der Waals surface area contributed by atoms with E-state index in [9.17, 15) is 13.6 Å². The van der Waals surface area contributed by atoms with Gasteiger partial charge in [-0.25, -0.2) is 4.39 Å². The van der Waals surface area contributed by atoms with Crippen molar-refractivity contribution in [2.75, 3.05) is 13.2 Å². The lowest BCUT2D eigenvalue weighted by molar-refractivity contribution is -0.137. The summed E-state index contributed by atoms with van der Waals surface area (Å²) in [6.45, 7) is 1.05. The number of halogens is 2. The lowest BCUT2D eigenvalue weighted by atomic mass is 9.87. The third-order valence-electron chi connectivity index (χ3n) is 6.11. The highest BCUT2D eigenvalue weighted by molar-refractivity contribution is 5.66. The van der Waals surface area contributed by atoms with Gasteiger partial charge in [-0.2, -0.15) is 4.39 Å². The summed E-state index contributed by atoms with van der Waals surface area (Å²) in [6, 6.07) is 3.94. The first-order valence-electron chi connectivity index (χ1n) is 10.6. The molecule has 1 aromatic carbocycles. The molecule has 29 heavy (non-hydrogen) atoms. The number of rotatable bonds is 9. The van der Waals surface area contributed by atoms with Crippen molar-refractivity contribution < 1.29 is 28.2 Å². The zero-order chi connectivity index (χ0) is 20.6. The van der Waals surface area contributed by atoms with Gasteiger partial charge in [0.2, 0.25) is 5.82 Å². The average Bonchev–Trinajstić information content (AvgIpc) is 2.96. The molecule has 1 aromatic rings. The van der Waals surface area contributed by atoms with Crippen molar-refractivity contribution in [2.24, 2.45) is 17.8 Å². The molecule has 160 valence electrons. The third-order valence-corrected chi connectivity index (χ3v) is 6.11. The SMILES string of the molecule is O=C(O)CCC[C@H]1CCC2[C@H](CC[C@@H]2/C=C/CCOc2cccc(F)c2F)OC1. The monoisotopic (exact) mass is 408 g/mol. The van der Waals surface area contributed by atoms with E-state index in [1.54, 1.807) is 0 Å². The van der Waals surface area contributed by atoms with E-state index in [0.717, 1.165) is 44.8 Å². The van der Waals surface area contributed by atoms with Crippen molar-refractivity contribution in [2.45, 2.75) is 57.5 Å². The Hall–Kier alpha value is -1.95. The second kappa shape index (κ2) is 10.7. The Morgan fingerprint density at radius 1 is 1.24 bits per heavy atom. The van der Waals surface area contributed by atoms with Crippen LogP contribution in [0.4, 0.5) is 8.78 Å². The molecule has 1 aliphatic carbocycles. The normalized spacial score (nSPS) is 27.0. The van der Waals surface area contributed by atoms with Gasteiger partial charge in [-0.1, -0.05) is 18.2 Å². The average molecular weight is 408 g/mol. The van der Waals surface area contributed by atoms with E-state index in [-0.39, 0.29) is 12.2 Å². The Morgan fingerprint density at radius 2 is 2.10 bits per heavy atom. The molecule has 4 nitrogen and oxygen atoms in total. The van der Waals surface area contributed by atoms with E-state index in [1.807, 2.05) is 0 Å². The highest BCUT2D eigenvalue weighted by atomic mass is 19.2. The first-order valence-corrected chi connectivity index (χ1v) is 10.6. The van der Waals surface area contributed by atoms with Gasteiger partial charge < -0.3 is 14.6 Å². The topological polar surface area (TPSA) is 55.8 Å². The van der Waals surface area contributed by atoms with Gasteiger partial charge in [0, 0.05) is 13.0 Å². The van der Waals surface area contributed by atoms with Gasteiger partial charge in [0.05, 0.1) is 12.7 Å². The molecular weight excluding hydrogens is 378 g/mol. The molecule has 0 amide bonds. The van der Waals surface area contributed by atoms with Gasteiger partial charge in [0.1, 0.15) is 0 Å². The Bertz CT molecular complexity index is 706. The number of benzene rings is 1. The first kappa shape index (κ1) is 21.8. The molecule has 0 spiro atoms. The van der Waals surface area contributed by atoms with E-state index in [2.05, 4.69) is 12.2 Å². The third kappa shape index (κ3) is 6.26. The van der Waals surface area contributed by atoms with Crippen LogP contribution in [0.25, 0.3) is 0 Å². The summed E-state index contributed by atoms with van der Waals surface area (Å²) in [6.07, 6.45) is 11.5. The number of carboxylic acids is 1. The van der Waals surface area contributed by atoms with E-state index in [0.29, 0.717) is 43.3 Å². The highest BCUT2D eigenvalue weighted by Crippen LogP contribution is 2.41. The van der Waals surface area contributed by atoms with Crippen molar-refractivity contribution in [3.63, 3.8) is 0 Å². The van der Waals surface area contributed by atoms with Crippen LogP contribution in [0.5, 0.6) is 5.75 Å². The predicted octanol–water partition coefficient (Wildman–Crippen LogP) is 5.37. The molecule has 0 radical (unpaired) electrons. The maximum absolute atomic E-state index is 13.6. The summed E-state index contributed by atoms with van der Waals surface area (Å²) < 4.78 is 38.2. The Morgan fingerprint density at radius 3 is 2.93 bits per heavy atom. The summed E-state index contributed by atoms with van der Waals surface area (Å²) in [7, 11) is 0. The number of hydrogen-bond donors (Lipinski definition) is 1. The lowest BCUT2D eigenvalue weighted by Crippen LogP contribution is -2.20. The van der Waals surface area contributed by atoms with Gasteiger partial charge in [0.25, 0.3) is 0 Å². The fraction of sp³-hybridized carbons (Fsp3) is 0.609. The minimum atomic E-state index is -0.941. The molecule has 1 unspecified atom stereocenters. The molecule has 1 saturated carbocycles. The fourth-order valence-electron chi connectivity index (χ4n) is 4.55. The van der Waals surface area contributed by atoms with E-state index >= 15 is 0 Å². The molecular formula is C23H30F2O4. The molecule has 2 fully saturated rings. The Kier molecular flexibility index (Phi) is 8.04. The molecule has 0 bridgehead atoms. The number of allylic oxidation sites excluding steroid dienone is 1. The molecule has 4 atom stereocenters. The molecule has 1 aliphatic heterocycles. The van der Waals surface area contributed by atoms with Gasteiger partial charge >= 0.3 is 5.97 Å². The standard InChI is InChI=1S/C23H30F2O4/c24-19-7-4-8-21(23(19)25)28-14-2-1-6-17-11-13-20-18(17)12-10-16(15-29-20)5-3-9-22(26)27/h1,4,6-8,16-18,20H,2-3,5,9-15H2,(H,26,27)/b6-1+/t16-,17-,18?,20-/m0/s1. The molecule has 1 heterocycles. The van der Waals surface area contributed by atoms with Crippen LogP contribution in [0, 0.1) is 29.4 Å². The summed E-state index contributed by atoms with van der Waals surface area (Å²) in [5.41, 5.74) is 0. The van der Waals surface area contributed by atoms with E-state index in [4.69, 9.17) is 14.6 Å². The maximum Gasteiger partial charge on any atom is 0.303 e. The van der Waals surface area contributed by atoms with Crippen LogP contribution in [0.15, 0.2) is 30.4 Å². The number of ether oxygens (including phenoxy) is 2. The summed E-state index contributed by atoms with van der Waals surface area (Å²) in [5, 5.41) is 8.79. The number of carboxylic acid groups (broad SMARTS) is 1. The summed E-state index contributed by atoms with van der Waals surface area (Å²) >= 11 is 0. The van der Waals surface area contributed by atoms with Crippen LogP contribution in [-0.2, 0) is 9.53 Å². The number of fused-ring (bicyclic) bond motifs is 1. The van der Waals surface area contributed by atoms with Crippen molar-refractivity contribution in [3.05, 3.63) is 42.0 Å². The van der Waals surface area contributed by atoms with Crippen LogP contribution in [0.3, 0.4) is 0 Å². The zero-order valence-corrected chi connectivity index (χ0v) is 16.7. The number of carbonyl (C=O) groups is 1. The first-order chi connectivity index (χ1) is 14.0. The second-order valence-corrected chi connectivity index (χ2v) is 8.12. The molecule has 3 rings (SSSR count). The summed E-state index contributed by atoms with van der Waals surface area (Å²) in [4.78, 5) is 10.7. The van der Waals surface area contributed by atoms with Crippen molar-refractivity contribution in [1.82, 2.24) is 0 Å². The van der Waals surface area contributed by atoms with Gasteiger partial charge in [0.15, 0.2) is 11.6 Å². The second-order valence-electron chi connectivity index (χ2n) is 8.12. The smallest absolute Gasteiger partial charge is 0.303 e. The quantitative estimate of drug-likeness (QED) is 0.441. The summed E-state index contributed by atoms with van der Waals surface area (Å²) in [5.74, 6) is -1.18. The van der Waals surface area contributed by atoms with Crippen molar-refractivity contribution in [1.29, 1.82) is 0 Å². The van der Waals surface area contributed by atoms with Crippen LogP contribution in [0.2, 0.25) is 0 Å². The minimum absolute atomic E-state index is 0.0505. The predicted molar refractivity (Wildman–Crippen MR) is 106 cm³/mol. The number of aliphatic carboxylic acids is 1. The molecule has 1 saturated heterocycles. The lowest BCUT2D eigenvalue weighted by Gasteiger charge is -2.20. The zero-order valence-electron chi connectivity index (χ0n) is 16.7. The maximum atomic E-state index is 13.6. The Labute approximate surface area is 170 Å². The van der Waals surface area contributed by atoms with Crippen LogP contribution in [0.1, 0.15) is 51.4 Å². The van der Waals surface area contributed by atoms with E-state index < -0.39 is 17.6 Å². The van der Waals surface area contributed by atoms with Crippen molar-refractivity contribution >= 4 is 5.97 Å². The van der Waals surface area contributed by atoms with Crippen molar-refractivity contribution in [3.8, 4) is 5.75 Å². The Balaban J connectivity index is 1.41. The minimum Gasteiger partial charge on any atom is -0.490 e. The molecule has 2 aliphatic rings. The fourth-order valence-corrected chi connectivity index (χ4v) is 4.55. The van der Waals surface area contributed by atoms with E-state index in [1.165, 1.54) is 12.1 Å². The van der Waals surface area contributed by atoms with Gasteiger partial charge in [-0.3, -0.25) is 4.79 Å². The molecule has 1 N–H and O–H groups in total. The number of hydrogen-bond acceptors (Lipinski definition) is 3. The highest BCUT2D eigenvalue weighted by Gasteiger charge is 2.37. The van der Waals surface area contributed by atoms with Gasteiger partial charge in [-0.15, -0.1) is 0 Å². The molecule has 0 aromatic heterocycles. The van der Waals surface area contributed by atoms with Gasteiger partial charge in [-0.05, 0) is 74.8 Å².